The zero-order valence-corrected chi connectivity index (χ0v) is 20.1. The summed E-state index contributed by atoms with van der Waals surface area (Å²) >= 11 is 0. The van der Waals surface area contributed by atoms with Gasteiger partial charge in [-0.3, -0.25) is 14.5 Å². The fourth-order valence-electron chi connectivity index (χ4n) is 4.50. The molecular formula is C25H31F6N3O2. The van der Waals surface area contributed by atoms with E-state index in [0.29, 0.717) is 38.5 Å². The van der Waals surface area contributed by atoms with Crippen molar-refractivity contribution in [2.45, 2.75) is 57.4 Å². The molecule has 1 N–H and O–H groups in total. The van der Waals surface area contributed by atoms with Crippen molar-refractivity contribution in [3.8, 4) is 0 Å². The van der Waals surface area contributed by atoms with Gasteiger partial charge in [-0.2, -0.15) is 26.3 Å². The van der Waals surface area contributed by atoms with Gasteiger partial charge in [-0.25, -0.2) is 0 Å². The van der Waals surface area contributed by atoms with E-state index in [9.17, 15) is 35.9 Å². The molecule has 2 atom stereocenters. The van der Waals surface area contributed by atoms with Crippen LogP contribution < -0.4 is 10.2 Å². The van der Waals surface area contributed by atoms with E-state index < -0.39 is 23.5 Å². The molecule has 11 heteroatoms. The summed E-state index contributed by atoms with van der Waals surface area (Å²) in [5.74, 6) is -0.0404. The highest BCUT2D eigenvalue weighted by atomic mass is 19.4. The molecule has 0 spiro atoms. The van der Waals surface area contributed by atoms with Crippen molar-refractivity contribution in [2.75, 3.05) is 37.6 Å². The minimum Gasteiger partial charge on any atom is -0.369 e. The molecule has 200 valence electrons. The third-order valence-electron chi connectivity index (χ3n) is 6.69. The summed E-state index contributed by atoms with van der Waals surface area (Å²) in [6, 6.07) is 1.63. The Bertz CT molecular complexity index is 920. The first kappa shape index (κ1) is 28.0. The Morgan fingerprint density at radius 2 is 1.53 bits per heavy atom. The summed E-state index contributed by atoms with van der Waals surface area (Å²) in [7, 11) is 0. The number of benzene rings is 1. The number of nitrogens with zero attached hydrogens (tertiary/aromatic N) is 2. The lowest BCUT2D eigenvalue weighted by Crippen LogP contribution is -2.47. The number of rotatable bonds is 8. The second-order valence-corrected chi connectivity index (χ2v) is 9.35. The van der Waals surface area contributed by atoms with Gasteiger partial charge in [-0.05, 0) is 49.9 Å². The van der Waals surface area contributed by atoms with Gasteiger partial charge < -0.3 is 10.2 Å². The molecule has 0 aromatic heterocycles. The van der Waals surface area contributed by atoms with Gasteiger partial charge in [0.25, 0.3) is 0 Å². The number of Topliss-reactive ketones (excluding diaryl/α,β-unsaturated/α-hetero) is 1. The number of ketones is 1. The molecule has 1 fully saturated rings. The fraction of sp³-hybridized carbons (Fsp3) is 0.600. The zero-order valence-electron chi connectivity index (χ0n) is 20.1. The Morgan fingerprint density at radius 3 is 2.03 bits per heavy atom. The number of allylic oxidation sites excluding steroid dienone is 1. The summed E-state index contributed by atoms with van der Waals surface area (Å²) < 4.78 is 79.0. The maximum Gasteiger partial charge on any atom is 0.416 e. The van der Waals surface area contributed by atoms with Gasteiger partial charge in [-0.1, -0.05) is 19.1 Å². The molecule has 1 aliphatic carbocycles. The first-order chi connectivity index (χ1) is 16.8. The number of halogens is 6. The van der Waals surface area contributed by atoms with Crippen molar-refractivity contribution in [1.29, 1.82) is 0 Å². The smallest absolute Gasteiger partial charge is 0.369 e. The predicted molar refractivity (Wildman–Crippen MR) is 123 cm³/mol. The Labute approximate surface area is 206 Å². The van der Waals surface area contributed by atoms with Crippen LogP contribution in [0.3, 0.4) is 0 Å². The SMILES string of the molecule is CCC(=O)CC(=O)NC1C=CC(CCN2CCN(c3cc(C(F)(F)F)cc(C(F)(F)F)c3)CC2)CC1. The lowest BCUT2D eigenvalue weighted by atomic mass is 9.90. The number of carbonyl (C=O) groups is 2. The number of alkyl halides is 6. The van der Waals surface area contributed by atoms with E-state index in [1.807, 2.05) is 6.08 Å². The second kappa shape index (κ2) is 11.7. The van der Waals surface area contributed by atoms with E-state index in [-0.39, 0.29) is 35.9 Å². The van der Waals surface area contributed by atoms with Crippen LogP contribution in [0.25, 0.3) is 0 Å². The maximum absolute atomic E-state index is 13.2. The number of hydrogen-bond donors (Lipinski definition) is 1. The summed E-state index contributed by atoms with van der Waals surface area (Å²) in [5, 5.41) is 2.85. The van der Waals surface area contributed by atoms with Crippen LogP contribution in [0.15, 0.2) is 30.4 Å². The van der Waals surface area contributed by atoms with Gasteiger partial charge in [0.1, 0.15) is 5.78 Å². The molecule has 5 nitrogen and oxygen atoms in total. The van der Waals surface area contributed by atoms with Crippen LogP contribution in [0, 0.1) is 5.92 Å². The van der Waals surface area contributed by atoms with Crippen LogP contribution in [0.5, 0.6) is 0 Å². The molecule has 1 amide bonds. The molecule has 36 heavy (non-hydrogen) atoms. The lowest BCUT2D eigenvalue weighted by Gasteiger charge is -2.37. The average Bonchev–Trinajstić information content (AvgIpc) is 2.82. The topological polar surface area (TPSA) is 52.7 Å². The van der Waals surface area contributed by atoms with Crippen LogP contribution in [-0.2, 0) is 21.9 Å². The molecular weight excluding hydrogens is 488 g/mol. The molecule has 1 aromatic carbocycles. The van der Waals surface area contributed by atoms with E-state index in [2.05, 4.69) is 16.3 Å². The van der Waals surface area contributed by atoms with Gasteiger partial charge in [0.05, 0.1) is 17.5 Å². The first-order valence-corrected chi connectivity index (χ1v) is 12.1. The third-order valence-corrected chi connectivity index (χ3v) is 6.69. The minimum absolute atomic E-state index is 0.0688. The molecule has 0 radical (unpaired) electrons. The Hall–Kier alpha value is -2.56. The number of hydrogen-bond acceptors (Lipinski definition) is 4. The summed E-state index contributed by atoms with van der Waals surface area (Å²) in [4.78, 5) is 27.0. The number of anilines is 1. The van der Waals surface area contributed by atoms with Crippen molar-refractivity contribution in [1.82, 2.24) is 10.2 Å². The minimum atomic E-state index is -4.86. The molecule has 1 heterocycles. The largest absolute Gasteiger partial charge is 0.416 e. The molecule has 2 aliphatic rings. The zero-order chi connectivity index (χ0) is 26.5. The Morgan fingerprint density at radius 1 is 0.917 bits per heavy atom. The molecule has 1 aromatic rings. The molecule has 2 unspecified atom stereocenters. The maximum atomic E-state index is 13.2. The van der Waals surface area contributed by atoms with Crippen LogP contribution in [0.2, 0.25) is 0 Å². The second-order valence-electron chi connectivity index (χ2n) is 9.35. The van der Waals surface area contributed by atoms with Gasteiger partial charge in [0.2, 0.25) is 5.91 Å². The molecule has 1 aliphatic heterocycles. The first-order valence-electron chi connectivity index (χ1n) is 12.1. The van der Waals surface area contributed by atoms with E-state index in [1.165, 1.54) is 0 Å². The number of carbonyl (C=O) groups excluding carboxylic acids is 2. The molecule has 1 saturated heterocycles. The molecule has 3 rings (SSSR count). The lowest BCUT2D eigenvalue weighted by molar-refractivity contribution is -0.143. The van der Waals surface area contributed by atoms with E-state index >= 15 is 0 Å². The van der Waals surface area contributed by atoms with E-state index in [1.54, 1.807) is 11.8 Å². The number of amides is 1. The number of piperazine rings is 1. The highest BCUT2D eigenvalue weighted by Crippen LogP contribution is 2.38. The van der Waals surface area contributed by atoms with Crippen molar-refractivity contribution in [2.24, 2.45) is 5.92 Å². The summed E-state index contributed by atoms with van der Waals surface area (Å²) in [5.41, 5.74) is -2.67. The van der Waals surface area contributed by atoms with E-state index in [4.69, 9.17) is 0 Å². The van der Waals surface area contributed by atoms with Gasteiger partial charge in [-0.15, -0.1) is 0 Å². The Balaban J connectivity index is 1.48. The quantitative estimate of drug-likeness (QED) is 0.297. The van der Waals surface area contributed by atoms with Crippen LogP contribution in [0.1, 0.15) is 50.2 Å². The standard InChI is InChI=1S/C25H31F6N3O2/c1-2-22(35)16-23(36)32-20-5-3-17(4-6-20)7-8-33-9-11-34(12-10-33)21-14-18(24(26,27)28)13-19(15-21)25(29,30)31/h3,5,13-15,17,20H,2,4,6-12,16H2,1H3,(H,32,36). The fourth-order valence-corrected chi connectivity index (χ4v) is 4.50. The predicted octanol–water partition coefficient (Wildman–Crippen LogP) is 5.06. The number of nitrogens with one attached hydrogen (secondary N) is 1. The van der Waals surface area contributed by atoms with Crippen LogP contribution in [-0.4, -0.2) is 55.4 Å². The van der Waals surface area contributed by atoms with Gasteiger partial charge >= 0.3 is 12.4 Å². The average molecular weight is 520 g/mol. The van der Waals surface area contributed by atoms with Crippen LogP contribution in [0.4, 0.5) is 32.0 Å². The highest BCUT2D eigenvalue weighted by Gasteiger charge is 2.37. The molecule has 0 bridgehead atoms. The molecule has 0 saturated carbocycles. The Kier molecular flexibility index (Phi) is 9.08. The van der Waals surface area contributed by atoms with Crippen molar-refractivity contribution < 1.29 is 35.9 Å². The van der Waals surface area contributed by atoms with E-state index in [0.717, 1.165) is 37.9 Å². The van der Waals surface area contributed by atoms with Gasteiger partial charge in [0, 0.05) is 44.3 Å². The summed E-state index contributed by atoms with van der Waals surface area (Å²) in [6.07, 6.45) is -2.95. The summed E-state index contributed by atoms with van der Waals surface area (Å²) in [6.45, 7) is 4.24. The van der Waals surface area contributed by atoms with Crippen molar-refractivity contribution in [3.63, 3.8) is 0 Å². The van der Waals surface area contributed by atoms with Crippen molar-refractivity contribution >= 4 is 17.4 Å². The van der Waals surface area contributed by atoms with Gasteiger partial charge in [0.15, 0.2) is 0 Å². The highest BCUT2D eigenvalue weighted by molar-refractivity contribution is 5.98. The van der Waals surface area contributed by atoms with Crippen LogP contribution >= 0.6 is 0 Å². The third kappa shape index (κ3) is 7.97. The normalized spacial score (nSPS) is 21.5. The van der Waals surface area contributed by atoms with Crippen molar-refractivity contribution in [3.05, 3.63) is 41.5 Å². The monoisotopic (exact) mass is 519 g/mol.